The molecule has 0 fully saturated rings. The van der Waals surface area contributed by atoms with Crippen molar-refractivity contribution in [2.24, 2.45) is 5.10 Å². The lowest BCUT2D eigenvalue weighted by atomic mass is 10.0. The Kier molecular flexibility index (Phi) is 7.19. The van der Waals surface area contributed by atoms with Gasteiger partial charge in [-0.2, -0.15) is 10.2 Å². The second-order valence-corrected chi connectivity index (χ2v) is 9.63. The predicted molar refractivity (Wildman–Crippen MR) is 136 cm³/mol. The average molecular weight is 492 g/mol. The van der Waals surface area contributed by atoms with E-state index in [4.69, 9.17) is 0 Å². The van der Waals surface area contributed by atoms with Gasteiger partial charge in [0.1, 0.15) is 5.69 Å². The van der Waals surface area contributed by atoms with Gasteiger partial charge in [0.2, 0.25) is 0 Å². The van der Waals surface area contributed by atoms with Crippen LogP contribution in [0.3, 0.4) is 0 Å². The molecule has 0 bridgehead atoms. The third kappa shape index (κ3) is 5.08. The molecule has 0 spiro atoms. The third-order valence-electron chi connectivity index (χ3n) is 4.98. The van der Waals surface area contributed by atoms with Crippen molar-refractivity contribution >= 4 is 51.9 Å². The van der Waals surface area contributed by atoms with Crippen LogP contribution >= 0.6 is 23.1 Å². The minimum Gasteiger partial charge on any atom is -0.335 e. The number of fused-ring (bicyclic) bond motifs is 1. The molecule has 0 unspecified atom stereocenters. The molecule has 4 rings (SSSR count). The highest BCUT2D eigenvalue weighted by Crippen LogP contribution is 2.29. The Bertz CT molecular complexity index is 1430. The topological polar surface area (TPSA) is 116 Å². The van der Waals surface area contributed by atoms with E-state index in [1.54, 1.807) is 83.9 Å². The Morgan fingerprint density at radius 2 is 1.82 bits per heavy atom. The number of rotatable bonds is 7. The summed E-state index contributed by atoms with van der Waals surface area (Å²) in [7, 11) is 0. The molecular weight excluding hydrogens is 470 g/mol. The summed E-state index contributed by atoms with van der Waals surface area (Å²) >= 11 is 3.24. The van der Waals surface area contributed by atoms with Crippen LogP contribution in [0.25, 0.3) is 10.8 Å². The van der Waals surface area contributed by atoms with Gasteiger partial charge in [0.05, 0.1) is 15.8 Å². The molecule has 2 aromatic carbocycles. The molecule has 34 heavy (non-hydrogen) atoms. The first kappa shape index (κ1) is 23.4. The molecule has 172 valence electrons. The first-order valence-corrected chi connectivity index (χ1v) is 12.3. The molecule has 8 nitrogen and oxygen atoms in total. The van der Waals surface area contributed by atoms with E-state index in [1.165, 1.54) is 0 Å². The lowest BCUT2D eigenvalue weighted by Crippen LogP contribution is -2.40. The second-order valence-electron chi connectivity index (χ2n) is 7.29. The van der Waals surface area contributed by atoms with Crippen LogP contribution in [0.15, 0.2) is 74.8 Å². The van der Waals surface area contributed by atoms with Crippen molar-refractivity contribution in [2.75, 3.05) is 6.26 Å². The van der Waals surface area contributed by atoms with Crippen LogP contribution in [0.4, 0.5) is 0 Å². The Hall–Kier alpha value is -3.76. The molecule has 10 heteroatoms. The van der Waals surface area contributed by atoms with Crippen molar-refractivity contribution in [1.29, 1.82) is 0 Å². The van der Waals surface area contributed by atoms with E-state index < -0.39 is 17.9 Å². The fourth-order valence-corrected chi connectivity index (χ4v) is 5.19. The van der Waals surface area contributed by atoms with Gasteiger partial charge in [0.25, 0.3) is 17.4 Å². The standard InChI is InChI=1S/C24H21N5O3S2/c1-14-12-16(24(33-2)34-14)13-25-28-23(32)20(26-21(30)15-8-4-3-5-9-15)19-17-10-6-7-11-18(17)22(31)29-27-19/h3-13,20H,1-2H3,(H,26,30)(H,28,32)(H,29,31)/t20-/m1/s1. The quantitative estimate of drug-likeness (QED) is 0.207. The summed E-state index contributed by atoms with van der Waals surface area (Å²) in [5.41, 5.74) is 3.61. The summed E-state index contributed by atoms with van der Waals surface area (Å²) in [4.78, 5) is 39.5. The number of carbonyl (C=O) groups excluding carboxylic acids is 2. The molecular formula is C24H21N5O3S2. The number of benzene rings is 2. The van der Waals surface area contributed by atoms with Gasteiger partial charge in [0, 0.05) is 21.4 Å². The fourth-order valence-electron chi connectivity index (χ4n) is 3.41. The molecule has 0 aliphatic carbocycles. The fraction of sp³-hybridized carbons (Fsp3) is 0.125. The van der Waals surface area contributed by atoms with Gasteiger partial charge in [-0.15, -0.1) is 23.1 Å². The molecule has 0 saturated heterocycles. The van der Waals surface area contributed by atoms with E-state index >= 15 is 0 Å². The number of carbonyl (C=O) groups is 2. The van der Waals surface area contributed by atoms with E-state index in [0.717, 1.165) is 14.6 Å². The van der Waals surface area contributed by atoms with E-state index in [-0.39, 0.29) is 11.3 Å². The average Bonchev–Trinajstić information content (AvgIpc) is 3.23. The van der Waals surface area contributed by atoms with Crippen molar-refractivity contribution in [3.05, 3.63) is 92.7 Å². The molecule has 0 aliphatic heterocycles. The highest BCUT2D eigenvalue weighted by molar-refractivity contribution is 8.00. The maximum absolute atomic E-state index is 13.2. The Morgan fingerprint density at radius 1 is 1.12 bits per heavy atom. The van der Waals surface area contributed by atoms with Crippen LogP contribution in [-0.2, 0) is 4.79 Å². The highest BCUT2D eigenvalue weighted by Gasteiger charge is 2.27. The highest BCUT2D eigenvalue weighted by atomic mass is 32.2. The van der Waals surface area contributed by atoms with Crippen LogP contribution in [0, 0.1) is 6.92 Å². The number of aryl methyl sites for hydroxylation is 1. The molecule has 0 aliphatic rings. The van der Waals surface area contributed by atoms with Gasteiger partial charge in [-0.25, -0.2) is 10.5 Å². The second kappa shape index (κ2) is 10.4. The lowest BCUT2D eigenvalue weighted by Gasteiger charge is -2.18. The molecule has 3 N–H and O–H groups in total. The number of H-pyrrole nitrogens is 1. The van der Waals surface area contributed by atoms with Crippen molar-refractivity contribution in [3.8, 4) is 0 Å². The number of aromatic amines is 1. The Morgan fingerprint density at radius 3 is 2.56 bits per heavy atom. The zero-order valence-corrected chi connectivity index (χ0v) is 20.0. The van der Waals surface area contributed by atoms with Crippen molar-refractivity contribution in [1.82, 2.24) is 20.9 Å². The number of nitrogens with zero attached hydrogens (tertiary/aromatic N) is 2. The smallest absolute Gasteiger partial charge is 0.272 e. The van der Waals surface area contributed by atoms with Crippen LogP contribution in [0.5, 0.6) is 0 Å². The van der Waals surface area contributed by atoms with Gasteiger partial charge in [-0.1, -0.05) is 36.4 Å². The third-order valence-corrected chi connectivity index (χ3v) is 7.20. The van der Waals surface area contributed by atoms with Gasteiger partial charge in [-0.3, -0.25) is 14.4 Å². The number of nitrogens with one attached hydrogen (secondary N) is 3. The first-order chi connectivity index (χ1) is 16.5. The van der Waals surface area contributed by atoms with Crippen molar-refractivity contribution in [3.63, 3.8) is 0 Å². The summed E-state index contributed by atoms with van der Waals surface area (Å²) in [5, 5.41) is 14.2. The SMILES string of the molecule is CSc1sc(C)cc1C=NNC(=O)[C@H](NC(=O)c1ccccc1)c1n[nH]c(=O)c2ccccc12. The molecule has 2 amide bonds. The Labute approximate surface area is 203 Å². The monoisotopic (exact) mass is 491 g/mol. The zero-order chi connectivity index (χ0) is 24.1. The number of thiophene rings is 1. The number of aromatic nitrogens is 2. The number of hydrogen-bond acceptors (Lipinski definition) is 7. The molecule has 0 radical (unpaired) electrons. The van der Waals surface area contributed by atoms with Crippen LogP contribution < -0.4 is 16.3 Å². The minimum atomic E-state index is -1.20. The normalized spacial score (nSPS) is 12.1. The van der Waals surface area contributed by atoms with Crippen LogP contribution in [0.2, 0.25) is 0 Å². The molecule has 1 atom stereocenters. The summed E-state index contributed by atoms with van der Waals surface area (Å²) < 4.78 is 1.08. The van der Waals surface area contributed by atoms with Gasteiger partial charge >= 0.3 is 0 Å². The Balaban J connectivity index is 1.67. The number of amides is 2. The molecule has 0 saturated carbocycles. The summed E-state index contributed by atoms with van der Waals surface area (Å²) in [6, 6.07) is 16.1. The van der Waals surface area contributed by atoms with Gasteiger partial charge in [-0.05, 0) is 37.4 Å². The number of thioether (sulfide) groups is 1. The minimum absolute atomic E-state index is 0.211. The summed E-state index contributed by atoms with van der Waals surface area (Å²) in [6.45, 7) is 2.00. The zero-order valence-electron chi connectivity index (χ0n) is 18.4. The van der Waals surface area contributed by atoms with Gasteiger partial charge in [0.15, 0.2) is 6.04 Å². The van der Waals surface area contributed by atoms with E-state index in [9.17, 15) is 14.4 Å². The van der Waals surface area contributed by atoms with Crippen LogP contribution in [0.1, 0.15) is 32.5 Å². The largest absolute Gasteiger partial charge is 0.335 e. The first-order valence-electron chi connectivity index (χ1n) is 10.3. The molecule has 2 heterocycles. The van der Waals surface area contributed by atoms with Crippen molar-refractivity contribution in [2.45, 2.75) is 17.2 Å². The van der Waals surface area contributed by atoms with Gasteiger partial charge < -0.3 is 5.32 Å². The maximum atomic E-state index is 13.2. The van der Waals surface area contributed by atoms with Crippen LogP contribution in [-0.4, -0.2) is 34.5 Å². The van der Waals surface area contributed by atoms with E-state index in [2.05, 4.69) is 26.0 Å². The lowest BCUT2D eigenvalue weighted by molar-refractivity contribution is -0.123. The number of hydrogen-bond donors (Lipinski definition) is 3. The van der Waals surface area contributed by atoms with Crippen molar-refractivity contribution < 1.29 is 9.59 Å². The summed E-state index contributed by atoms with van der Waals surface area (Å²) in [5.74, 6) is -1.05. The molecule has 2 aromatic heterocycles. The maximum Gasteiger partial charge on any atom is 0.272 e. The predicted octanol–water partition coefficient (Wildman–Crippen LogP) is 3.64. The van der Waals surface area contributed by atoms with E-state index in [1.807, 2.05) is 19.2 Å². The number of hydrazone groups is 1. The summed E-state index contributed by atoms with van der Waals surface area (Å²) in [6.07, 6.45) is 3.55. The van der Waals surface area contributed by atoms with E-state index in [0.29, 0.717) is 16.3 Å². The molecule has 4 aromatic rings.